The predicted molar refractivity (Wildman–Crippen MR) is 67.1 cm³/mol. The molecule has 0 saturated heterocycles. The molecular weight excluding hydrogens is 200 g/mol. The molecule has 2 atom stereocenters. The van der Waals surface area contributed by atoms with Crippen molar-refractivity contribution in [3.05, 3.63) is 0 Å². The minimum absolute atomic E-state index is 0.0350. The van der Waals surface area contributed by atoms with E-state index in [0.717, 1.165) is 19.3 Å². The van der Waals surface area contributed by atoms with E-state index in [2.05, 4.69) is 19.2 Å². The summed E-state index contributed by atoms with van der Waals surface area (Å²) in [5.41, 5.74) is 5.84. The molecule has 1 aliphatic carbocycles. The quantitative estimate of drug-likeness (QED) is 0.729. The largest absolute Gasteiger partial charge is 0.352 e. The van der Waals surface area contributed by atoms with Crippen LogP contribution in [-0.2, 0) is 4.79 Å². The number of unbranched alkanes of at least 4 members (excludes halogenated alkanes) is 1. The van der Waals surface area contributed by atoms with Crippen LogP contribution in [0.5, 0.6) is 0 Å². The molecule has 1 aliphatic rings. The highest BCUT2D eigenvalue weighted by molar-refractivity contribution is 5.81. The van der Waals surface area contributed by atoms with E-state index in [1.807, 2.05) is 0 Å². The zero-order chi connectivity index (χ0) is 12.0. The maximum Gasteiger partial charge on any atom is 0.237 e. The average molecular weight is 226 g/mol. The standard InChI is InChI=1S/C13H26N2O/c1-3-4-9-12(14)13(16)15-10(2)11-7-5-6-8-11/h10-12H,3-9,14H2,1-2H3,(H,15,16)/t10-,12-/m0/s1. The van der Waals surface area contributed by atoms with Crippen molar-refractivity contribution in [3.8, 4) is 0 Å². The van der Waals surface area contributed by atoms with Gasteiger partial charge in [-0.25, -0.2) is 0 Å². The molecule has 0 unspecified atom stereocenters. The highest BCUT2D eigenvalue weighted by Crippen LogP contribution is 2.27. The minimum atomic E-state index is -0.316. The van der Waals surface area contributed by atoms with E-state index in [1.54, 1.807) is 0 Å². The molecule has 0 aliphatic heterocycles. The topological polar surface area (TPSA) is 55.1 Å². The predicted octanol–water partition coefficient (Wildman–Crippen LogP) is 2.20. The summed E-state index contributed by atoms with van der Waals surface area (Å²) in [6, 6.07) is -0.0218. The van der Waals surface area contributed by atoms with E-state index in [4.69, 9.17) is 5.73 Å². The lowest BCUT2D eigenvalue weighted by atomic mass is 9.99. The summed E-state index contributed by atoms with van der Waals surface area (Å²) >= 11 is 0. The Balaban J connectivity index is 2.26. The molecule has 1 amide bonds. The maximum absolute atomic E-state index is 11.8. The van der Waals surface area contributed by atoms with Crippen molar-refractivity contribution in [3.63, 3.8) is 0 Å². The molecule has 0 aromatic rings. The van der Waals surface area contributed by atoms with Gasteiger partial charge in [0, 0.05) is 6.04 Å². The average Bonchev–Trinajstić information content (AvgIpc) is 2.79. The van der Waals surface area contributed by atoms with Crippen LogP contribution < -0.4 is 11.1 Å². The third-order valence-electron chi connectivity index (χ3n) is 3.68. The van der Waals surface area contributed by atoms with E-state index < -0.39 is 0 Å². The van der Waals surface area contributed by atoms with Crippen LogP contribution in [0.1, 0.15) is 58.8 Å². The summed E-state index contributed by atoms with van der Waals surface area (Å²) in [7, 11) is 0. The summed E-state index contributed by atoms with van der Waals surface area (Å²) in [6.07, 6.45) is 8.07. The van der Waals surface area contributed by atoms with Crippen LogP contribution in [0.2, 0.25) is 0 Å². The van der Waals surface area contributed by atoms with Gasteiger partial charge >= 0.3 is 0 Å². The van der Waals surface area contributed by atoms with Gasteiger partial charge in [0.2, 0.25) is 5.91 Å². The van der Waals surface area contributed by atoms with Crippen LogP contribution >= 0.6 is 0 Å². The van der Waals surface area contributed by atoms with Gasteiger partial charge < -0.3 is 11.1 Å². The van der Waals surface area contributed by atoms with E-state index in [0.29, 0.717) is 12.0 Å². The monoisotopic (exact) mass is 226 g/mol. The van der Waals surface area contributed by atoms with Gasteiger partial charge in [0.25, 0.3) is 0 Å². The van der Waals surface area contributed by atoms with Gasteiger partial charge in [0.05, 0.1) is 6.04 Å². The number of carbonyl (C=O) groups excluding carboxylic acids is 1. The van der Waals surface area contributed by atoms with Crippen LogP contribution in [-0.4, -0.2) is 18.0 Å². The Morgan fingerprint density at radius 1 is 1.44 bits per heavy atom. The highest BCUT2D eigenvalue weighted by Gasteiger charge is 2.24. The Bertz CT molecular complexity index is 212. The van der Waals surface area contributed by atoms with E-state index in [1.165, 1.54) is 25.7 Å². The molecule has 94 valence electrons. The number of carbonyl (C=O) groups is 1. The molecule has 0 aromatic heterocycles. The number of amides is 1. The minimum Gasteiger partial charge on any atom is -0.352 e. The summed E-state index contributed by atoms with van der Waals surface area (Å²) < 4.78 is 0. The van der Waals surface area contributed by atoms with E-state index in [9.17, 15) is 4.79 Å². The lowest BCUT2D eigenvalue weighted by Gasteiger charge is -2.22. The third kappa shape index (κ3) is 4.12. The first kappa shape index (κ1) is 13.5. The molecule has 16 heavy (non-hydrogen) atoms. The van der Waals surface area contributed by atoms with Gasteiger partial charge in [0.1, 0.15) is 0 Å². The lowest BCUT2D eigenvalue weighted by Crippen LogP contribution is -2.46. The molecule has 0 heterocycles. The molecule has 3 N–H and O–H groups in total. The third-order valence-corrected chi connectivity index (χ3v) is 3.68. The first-order chi connectivity index (χ1) is 7.65. The Morgan fingerprint density at radius 2 is 2.06 bits per heavy atom. The summed E-state index contributed by atoms with van der Waals surface area (Å²) in [6.45, 7) is 4.23. The van der Waals surface area contributed by atoms with Crippen LogP contribution in [0.3, 0.4) is 0 Å². The first-order valence-electron chi connectivity index (χ1n) is 6.71. The van der Waals surface area contributed by atoms with Crippen LogP contribution in [0, 0.1) is 5.92 Å². The second-order valence-corrected chi connectivity index (χ2v) is 5.09. The first-order valence-corrected chi connectivity index (χ1v) is 6.71. The molecule has 0 spiro atoms. The van der Waals surface area contributed by atoms with Crippen LogP contribution in [0.15, 0.2) is 0 Å². The fourth-order valence-corrected chi connectivity index (χ4v) is 2.46. The lowest BCUT2D eigenvalue weighted by molar-refractivity contribution is -0.123. The number of hydrogen-bond acceptors (Lipinski definition) is 2. The maximum atomic E-state index is 11.8. The van der Waals surface area contributed by atoms with Crippen molar-refractivity contribution in [2.24, 2.45) is 11.7 Å². The Kier molecular flexibility index (Phi) is 5.81. The zero-order valence-electron chi connectivity index (χ0n) is 10.7. The Hall–Kier alpha value is -0.570. The van der Waals surface area contributed by atoms with Gasteiger partial charge in [0.15, 0.2) is 0 Å². The summed E-state index contributed by atoms with van der Waals surface area (Å²) in [5.74, 6) is 0.704. The molecule has 3 nitrogen and oxygen atoms in total. The molecule has 0 radical (unpaired) electrons. The molecular formula is C13H26N2O. The van der Waals surface area contributed by atoms with E-state index >= 15 is 0 Å². The fourth-order valence-electron chi connectivity index (χ4n) is 2.46. The van der Waals surface area contributed by atoms with Gasteiger partial charge in [-0.05, 0) is 32.1 Å². The Morgan fingerprint density at radius 3 is 2.62 bits per heavy atom. The second-order valence-electron chi connectivity index (χ2n) is 5.09. The normalized spacial score (nSPS) is 20.7. The molecule has 1 fully saturated rings. The summed E-state index contributed by atoms with van der Waals surface area (Å²) in [4.78, 5) is 11.8. The molecule has 1 saturated carbocycles. The van der Waals surface area contributed by atoms with Crippen molar-refractivity contribution in [2.75, 3.05) is 0 Å². The van der Waals surface area contributed by atoms with E-state index in [-0.39, 0.29) is 11.9 Å². The number of hydrogen-bond donors (Lipinski definition) is 2. The molecule has 0 bridgehead atoms. The summed E-state index contributed by atoms with van der Waals surface area (Å²) in [5, 5.41) is 3.07. The Labute approximate surface area is 99.2 Å². The van der Waals surface area contributed by atoms with Crippen molar-refractivity contribution in [2.45, 2.75) is 70.9 Å². The highest BCUT2D eigenvalue weighted by atomic mass is 16.2. The van der Waals surface area contributed by atoms with Gasteiger partial charge in [-0.1, -0.05) is 32.6 Å². The van der Waals surface area contributed by atoms with Gasteiger partial charge in [-0.15, -0.1) is 0 Å². The fraction of sp³-hybridized carbons (Fsp3) is 0.923. The number of rotatable bonds is 6. The van der Waals surface area contributed by atoms with Gasteiger partial charge in [-0.3, -0.25) is 4.79 Å². The van der Waals surface area contributed by atoms with Crippen molar-refractivity contribution >= 4 is 5.91 Å². The molecule has 1 rings (SSSR count). The molecule has 3 heteroatoms. The SMILES string of the molecule is CCCC[C@H](N)C(=O)N[C@@H](C)C1CCCC1. The van der Waals surface area contributed by atoms with Crippen LogP contribution in [0.25, 0.3) is 0 Å². The van der Waals surface area contributed by atoms with Gasteiger partial charge in [-0.2, -0.15) is 0 Å². The van der Waals surface area contributed by atoms with Crippen molar-refractivity contribution < 1.29 is 4.79 Å². The van der Waals surface area contributed by atoms with Crippen LogP contribution in [0.4, 0.5) is 0 Å². The van der Waals surface area contributed by atoms with Crippen molar-refractivity contribution in [1.82, 2.24) is 5.32 Å². The number of nitrogens with two attached hydrogens (primary N) is 1. The van der Waals surface area contributed by atoms with Crippen molar-refractivity contribution in [1.29, 1.82) is 0 Å². The second kappa shape index (κ2) is 6.89. The number of nitrogens with one attached hydrogen (secondary N) is 1. The smallest absolute Gasteiger partial charge is 0.237 e. The zero-order valence-corrected chi connectivity index (χ0v) is 10.7. The molecule has 0 aromatic carbocycles.